The van der Waals surface area contributed by atoms with Crippen LogP contribution in [-0.4, -0.2) is 42.0 Å². The lowest BCUT2D eigenvalue weighted by Crippen LogP contribution is -2.22. The second-order valence-corrected chi connectivity index (χ2v) is 10.8. The third kappa shape index (κ3) is 6.15. The van der Waals surface area contributed by atoms with Crippen LogP contribution in [0.4, 0.5) is 8.78 Å². The van der Waals surface area contributed by atoms with Crippen LogP contribution in [0.25, 0.3) is 17.2 Å². The van der Waals surface area contributed by atoms with E-state index in [-0.39, 0.29) is 6.42 Å². The number of fused-ring (bicyclic) bond motifs is 1. The third-order valence-electron chi connectivity index (χ3n) is 7.80. The molecule has 1 heterocycles. The van der Waals surface area contributed by atoms with Crippen molar-refractivity contribution in [3.05, 3.63) is 110 Å². The lowest BCUT2D eigenvalue weighted by molar-refractivity contribution is 0.0696. The SMILES string of the molecule is Cc1c(Cl)cccc1C1=C(c2ccc(/C=C3/CCN(CCC(F)F)C3)cc2)c2ccc(C(=O)O)cc2CCC1. The van der Waals surface area contributed by atoms with Crippen molar-refractivity contribution < 1.29 is 18.7 Å². The lowest BCUT2D eigenvalue weighted by Gasteiger charge is -2.19. The Balaban J connectivity index is 1.54. The molecule has 0 spiro atoms. The second-order valence-electron chi connectivity index (χ2n) is 10.4. The number of carboxylic acids is 1. The molecule has 1 N–H and O–H groups in total. The second kappa shape index (κ2) is 11.8. The minimum absolute atomic E-state index is 0.0824. The Morgan fingerprint density at radius 1 is 1.05 bits per heavy atom. The molecule has 0 bridgehead atoms. The predicted octanol–water partition coefficient (Wildman–Crippen LogP) is 8.39. The first kappa shape index (κ1) is 27.3. The molecule has 0 amide bonds. The van der Waals surface area contributed by atoms with Gasteiger partial charge in [-0.1, -0.05) is 65.7 Å². The molecule has 1 saturated heterocycles. The Morgan fingerprint density at radius 2 is 1.85 bits per heavy atom. The predicted molar refractivity (Wildman–Crippen MR) is 155 cm³/mol. The van der Waals surface area contributed by atoms with Crippen LogP contribution >= 0.6 is 11.6 Å². The van der Waals surface area contributed by atoms with Crippen molar-refractivity contribution in [3.8, 4) is 0 Å². The fourth-order valence-electron chi connectivity index (χ4n) is 5.77. The molecule has 2 aliphatic rings. The zero-order valence-corrected chi connectivity index (χ0v) is 22.8. The number of hydrogen-bond donors (Lipinski definition) is 1. The van der Waals surface area contributed by atoms with Gasteiger partial charge in [0.05, 0.1) is 5.56 Å². The molecule has 3 nitrogen and oxygen atoms in total. The van der Waals surface area contributed by atoms with Crippen LogP contribution in [0.2, 0.25) is 5.02 Å². The summed E-state index contributed by atoms with van der Waals surface area (Å²) in [7, 11) is 0. The average molecular weight is 548 g/mol. The van der Waals surface area contributed by atoms with Crippen LogP contribution in [0.5, 0.6) is 0 Å². The summed E-state index contributed by atoms with van der Waals surface area (Å²) in [6.45, 7) is 4.03. The molecular weight excluding hydrogens is 516 g/mol. The maximum Gasteiger partial charge on any atom is 0.335 e. The van der Waals surface area contributed by atoms with Gasteiger partial charge < -0.3 is 5.11 Å². The largest absolute Gasteiger partial charge is 0.478 e. The summed E-state index contributed by atoms with van der Waals surface area (Å²) in [5.41, 5.74) is 10.3. The number of nitrogens with zero attached hydrogens (tertiary/aromatic N) is 1. The van der Waals surface area contributed by atoms with E-state index in [0.29, 0.717) is 12.1 Å². The molecule has 3 aromatic rings. The van der Waals surface area contributed by atoms with Crippen molar-refractivity contribution in [3.63, 3.8) is 0 Å². The molecule has 6 heteroatoms. The van der Waals surface area contributed by atoms with Crippen LogP contribution in [0.1, 0.15) is 69.4 Å². The van der Waals surface area contributed by atoms with Gasteiger partial charge in [-0.15, -0.1) is 0 Å². The highest BCUT2D eigenvalue weighted by Crippen LogP contribution is 2.42. The van der Waals surface area contributed by atoms with E-state index in [0.717, 1.165) is 82.7 Å². The van der Waals surface area contributed by atoms with Gasteiger partial charge in [-0.05, 0) is 95.3 Å². The topological polar surface area (TPSA) is 40.5 Å². The van der Waals surface area contributed by atoms with Crippen LogP contribution in [0.15, 0.2) is 66.2 Å². The van der Waals surface area contributed by atoms with Gasteiger partial charge in [-0.3, -0.25) is 4.90 Å². The zero-order valence-electron chi connectivity index (χ0n) is 22.0. The molecule has 1 fully saturated rings. The summed E-state index contributed by atoms with van der Waals surface area (Å²) in [6, 6.07) is 19.9. The van der Waals surface area contributed by atoms with Crippen LogP contribution in [0.3, 0.4) is 0 Å². The number of carboxylic acid groups (broad SMARTS) is 1. The fourth-order valence-corrected chi connectivity index (χ4v) is 5.95. The molecule has 0 aromatic heterocycles. The van der Waals surface area contributed by atoms with Gasteiger partial charge in [0.1, 0.15) is 0 Å². The molecule has 0 radical (unpaired) electrons. The molecule has 5 rings (SSSR count). The minimum atomic E-state index is -2.26. The summed E-state index contributed by atoms with van der Waals surface area (Å²) in [4.78, 5) is 13.8. The smallest absolute Gasteiger partial charge is 0.335 e. The van der Waals surface area contributed by atoms with Gasteiger partial charge in [0.25, 0.3) is 0 Å². The molecule has 202 valence electrons. The van der Waals surface area contributed by atoms with Crippen LogP contribution < -0.4 is 0 Å². The van der Waals surface area contributed by atoms with Crippen molar-refractivity contribution in [2.45, 2.75) is 45.5 Å². The van der Waals surface area contributed by atoms with Gasteiger partial charge in [0.15, 0.2) is 0 Å². The summed E-state index contributed by atoms with van der Waals surface area (Å²) in [6.07, 6.45) is 3.29. The molecule has 1 aliphatic carbocycles. The quantitative estimate of drug-likeness (QED) is 0.323. The van der Waals surface area contributed by atoms with Crippen molar-refractivity contribution >= 4 is 34.8 Å². The average Bonchev–Trinajstić information content (AvgIpc) is 3.28. The van der Waals surface area contributed by atoms with E-state index in [1.807, 2.05) is 31.2 Å². The highest BCUT2D eigenvalue weighted by Gasteiger charge is 2.23. The Morgan fingerprint density at radius 3 is 2.59 bits per heavy atom. The summed E-state index contributed by atoms with van der Waals surface area (Å²) >= 11 is 6.54. The van der Waals surface area contributed by atoms with E-state index >= 15 is 0 Å². The van der Waals surface area contributed by atoms with Gasteiger partial charge in [0.2, 0.25) is 6.43 Å². The molecule has 0 atom stereocenters. The number of benzene rings is 3. The van der Waals surface area contributed by atoms with Crippen molar-refractivity contribution in [2.75, 3.05) is 19.6 Å². The first-order chi connectivity index (χ1) is 18.8. The van der Waals surface area contributed by atoms with E-state index in [1.165, 1.54) is 11.1 Å². The van der Waals surface area contributed by atoms with E-state index in [4.69, 9.17) is 11.6 Å². The number of allylic oxidation sites excluding steroid dienone is 1. The number of hydrogen-bond acceptors (Lipinski definition) is 2. The maximum absolute atomic E-state index is 12.6. The van der Waals surface area contributed by atoms with Crippen molar-refractivity contribution in [1.82, 2.24) is 4.90 Å². The number of alkyl halides is 2. The number of carbonyl (C=O) groups is 1. The number of rotatable bonds is 7. The van der Waals surface area contributed by atoms with Gasteiger partial charge in [-0.2, -0.15) is 0 Å². The third-order valence-corrected chi connectivity index (χ3v) is 8.21. The monoisotopic (exact) mass is 547 g/mol. The fraction of sp³-hybridized carbons (Fsp3) is 0.303. The van der Waals surface area contributed by atoms with Gasteiger partial charge >= 0.3 is 5.97 Å². The van der Waals surface area contributed by atoms with E-state index in [2.05, 4.69) is 41.3 Å². The van der Waals surface area contributed by atoms with Crippen LogP contribution in [-0.2, 0) is 6.42 Å². The number of aryl methyl sites for hydroxylation is 1. The zero-order chi connectivity index (χ0) is 27.5. The lowest BCUT2D eigenvalue weighted by atomic mass is 9.86. The van der Waals surface area contributed by atoms with Gasteiger partial charge in [-0.25, -0.2) is 13.6 Å². The summed E-state index contributed by atoms with van der Waals surface area (Å²) < 4.78 is 25.2. The molecule has 3 aromatic carbocycles. The standard InChI is InChI=1S/C33H32ClF2NO2/c1-21-27(5-3-7-30(21)34)29-6-2-4-25-19-26(33(38)39)12-13-28(25)32(29)24-10-8-22(9-11-24)18-23-14-16-37(20-23)17-15-31(35)36/h3,5,7-13,18-19,31H,2,4,6,14-17,20H2,1H3,(H,38,39)/b23-18-. The number of halogens is 3. The van der Waals surface area contributed by atoms with E-state index < -0.39 is 12.4 Å². The molecular formula is C33H32ClF2NO2. The number of likely N-dealkylation sites (tertiary alicyclic amines) is 1. The van der Waals surface area contributed by atoms with E-state index in [1.54, 1.807) is 6.07 Å². The molecule has 0 saturated carbocycles. The Bertz CT molecular complexity index is 1440. The Labute approximate surface area is 233 Å². The normalized spacial score (nSPS) is 17.1. The Hall–Kier alpha value is -3.28. The Kier molecular flexibility index (Phi) is 8.29. The maximum atomic E-state index is 12.6. The first-order valence-electron chi connectivity index (χ1n) is 13.5. The summed E-state index contributed by atoms with van der Waals surface area (Å²) in [5.74, 6) is -0.921. The first-order valence-corrected chi connectivity index (χ1v) is 13.8. The summed E-state index contributed by atoms with van der Waals surface area (Å²) in [5, 5.41) is 10.3. The van der Waals surface area contributed by atoms with Crippen molar-refractivity contribution in [1.29, 1.82) is 0 Å². The minimum Gasteiger partial charge on any atom is -0.478 e. The van der Waals surface area contributed by atoms with Crippen LogP contribution in [0, 0.1) is 6.92 Å². The van der Waals surface area contributed by atoms with E-state index in [9.17, 15) is 18.7 Å². The van der Waals surface area contributed by atoms with Crippen molar-refractivity contribution in [2.24, 2.45) is 0 Å². The highest BCUT2D eigenvalue weighted by atomic mass is 35.5. The molecule has 1 aliphatic heterocycles. The number of aromatic carboxylic acids is 1. The van der Waals surface area contributed by atoms with Gasteiger partial charge in [0, 0.05) is 31.1 Å². The highest BCUT2D eigenvalue weighted by molar-refractivity contribution is 6.31. The molecule has 39 heavy (non-hydrogen) atoms. The molecule has 0 unspecified atom stereocenters.